The minimum atomic E-state index is -1.00. The average Bonchev–Trinajstić information content (AvgIpc) is 3.04. The van der Waals surface area contributed by atoms with Crippen molar-refractivity contribution in [1.82, 2.24) is 19.9 Å². The van der Waals surface area contributed by atoms with Gasteiger partial charge in [-0.2, -0.15) is 13.8 Å². The second-order valence-corrected chi connectivity index (χ2v) is 5.68. The molecule has 10 heteroatoms. The van der Waals surface area contributed by atoms with Crippen molar-refractivity contribution < 1.29 is 18.3 Å². The van der Waals surface area contributed by atoms with Crippen LogP contribution >= 0.6 is 11.3 Å². The molecule has 0 saturated heterocycles. The molecule has 0 spiro atoms. The summed E-state index contributed by atoms with van der Waals surface area (Å²) in [5.74, 6) is -2.20. The van der Waals surface area contributed by atoms with Gasteiger partial charge in [0, 0.05) is 12.4 Å². The summed E-state index contributed by atoms with van der Waals surface area (Å²) < 4.78 is 31.6. The van der Waals surface area contributed by atoms with Crippen LogP contribution in [0.4, 0.5) is 14.7 Å². The van der Waals surface area contributed by atoms with E-state index >= 15 is 0 Å². The Bertz CT molecular complexity index is 904. The van der Waals surface area contributed by atoms with Crippen LogP contribution in [0.5, 0.6) is 0 Å². The van der Waals surface area contributed by atoms with E-state index in [1.54, 1.807) is 18.5 Å². The number of aromatic nitrogens is 4. The smallest absolute Gasteiger partial charge is 0.350 e. The van der Waals surface area contributed by atoms with E-state index in [1.165, 1.54) is 13.2 Å². The summed E-state index contributed by atoms with van der Waals surface area (Å²) in [6, 6.07) is 3.90. The van der Waals surface area contributed by atoms with Gasteiger partial charge < -0.3 is 10.1 Å². The van der Waals surface area contributed by atoms with Gasteiger partial charge in [-0.05, 0) is 18.2 Å². The fourth-order valence-electron chi connectivity index (χ4n) is 1.96. The van der Waals surface area contributed by atoms with Crippen molar-refractivity contribution in [2.75, 3.05) is 12.4 Å². The summed E-state index contributed by atoms with van der Waals surface area (Å²) in [5, 5.41) is 3.10. The number of esters is 1. The van der Waals surface area contributed by atoms with E-state index in [4.69, 9.17) is 4.74 Å². The molecular formula is C15H11F2N5O2S. The summed E-state index contributed by atoms with van der Waals surface area (Å²) >= 11 is 0.932. The number of nitrogens with one attached hydrogen (secondary N) is 1. The fraction of sp³-hybridized carbons (Fsp3) is 0.133. The Morgan fingerprint density at radius 1 is 1.24 bits per heavy atom. The van der Waals surface area contributed by atoms with Crippen molar-refractivity contribution in [2.45, 2.75) is 6.54 Å². The van der Waals surface area contributed by atoms with E-state index in [2.05, 4.69) is 25.3 Å². The van der Waals surface area contributed by atoms with E-state index < -0.39 is 17.9 Å². The highest BCUT2D eigenvalue weighted by Gasteiger charge is 2.21. The van der Waals surface area contributed by atoms with Crippen LogP contribution in [0, 0.1) is 11.9 Å². The van der Waals surface area contributed by atoms with Crippen LogP contribution in [0.3, 0.4) is 0 Å². The standard InChI is InChI=1S/C15H11F2N5O2S/c1-24-14(23)11-9(7-20-15-18-5-2-6-19-15)21-13(25-11)8-3-4-10(16)22-12(8)17/h2-6H,7H2,1H3,(H,18,19,20). The average molecular weight is 363 g/mol. The van der Waals surface area contributed by atoms with Crippen molar-refractivity contribution in [3.8, 4) is 10.6 Å². The molecule has 0 fully saturated rings. The zero-order valence-electron chi connectivity index (χ0n) is 12.9. The van der Waals surface area contributed by atoms with Gasteiger partial charge in [0.15, 0.2) is 0 Å². The zero-order valence-corrected chi connectivity index (χ0v) is 13.7. The lowest BCUT2D eigenvalue weighted by atomic mass is 10.3. The summed E-state index contributed by atoms with van der Waals surface area (Å²) in [6.07, 6.45) is 3.12. The first-order valence-electron chi connectivity index (χ1n) is 7.00. The second-order valence-electron chi connectivity index (χ2n) is 4.68. The van der Waals surface area contributed by atoms with Crippen LogP contribution in [-0.4, -0.2) is 33.0 Å². The SMILES string of the molecule is COC(=O)c1sc(-c2ccc(F)nc2F)nc1CNc1ncccn1. The number of hydrogen-bond acceptors (Lipinski definition) is 8. The number of halogens is 2. The minimum absolute atomic E-state index is 0.00114. The molecule has 0 amide bonds. The highest BCUT2D eigenvalue weighted by Crippen LogP contribution is 2.30. The van der Waals surface area contributed by atoms with Gasteiger partial charge in [0.2, 0.25) is 17.8 Å². The van der Waals surface area contributed by atoms with Crippen LogP contribution in [0.2, 0.25) is 0 Å². The molecule has 3 rings (SSSR count). The molecule has 0 aliphatic heterocycles. The van der Waals surface area contributed by atoms with Crippen LogP contribution in [0.25, 0.3) is 10.6 Å². The van der Waals surface area contributed by atoms with Gasteiger partial charge in [0.05, 0.1) is 24.9 Å². The molecule has 0 aliphatic rings. The van der Waals surface area contributed by atoms with Crippen LogP contribution in [0.1, 0.15) is 15.4 Å². The maximum atomic E-state index is 13.9. The van der Waals surface area contributed by atoms with E-state index in [0.717, 1.165) is 17.4 Å². The number of nitrogens with zero attached hydrogens (tertiary/aromatic N) is 4. The highest BCUT2D eigenvalue weighted by atomic mass is 32.1. The number of carbonyl (C=O) groups is 1. The molecular weight excluding hydrogens is 352 g/mol. The van der Waals surface area contributed by atoms with E-state index in [0.29, 0.717) is 11.6 Å². The van der Waals surface area contributed by atoms with Gasteiger partial charge in [-0.1, -0.05) is 0 Å². The summed E-state index contributed by atoms with van der Waals surface area (Å²) in [6.45, 7) is 0.126. The number of ether oxygens (including phenoxy) is 1. The molecule has 3 aromatic heterocycles. The maximum Gasteiger partial charge on any atom is 0.350 e. The molecule has 7 nitrogen and oxygen atoms in total. The lowest BCUT2D eigenvalue weighted by Gasteiger charge is -2.03. The monoisotopic (exact) mass is 363 g/mol. The van der Waals surface area contributed by atoms with Gasteiger partial charge in [0.25, 0.3) is 0 Å². The van der Waals surface area contributed by atoms with Gasteiger partial charge in [-0.25, -0.2) is 19.7 Å². The summed E-state index contributed by atoms with van der Waals surface area (Å²) in [5.41, 5.74) is 0.335. The molecule has 0 aliphatic carbocycles. The molecule has 1 N–H and O–H groups in total. The molecule has 128 valence electrons. The Hall–Kier alpha value is -3.01. The first-order chi connectivity index (χ1) is 12.1. The number of hydrogen-bond donors (Lipinski definition) is 1. The normalized spacial score (nSPS) is 10.5. The Balaban J connectivity index is 1.93. The van der Waals surface area contributed by atoms with Crippen molar-refractivity contribution >= 4 is 23.3 Å². The predicted octanol–water partition coefficient (Wildman–Crippen LogP) is 2.67. The topological polar surface area (TPSA) is 89.9 Å². The predicted molar refractivity (Wildman–Crippen MR) is 86.0 cm³/mol. The van der Waals surface area contributed by atoms with Crippen LogP contribution in [-0.2, 0) is 11.3 Å². The number of carbonyl (C=O) groups excluding carboxylic acids is 1. The van der Waals surface area contributed by atoms with Crippen LogP contribution < -0.4 is 5.32 Å². The Morgan fingerprint density at radius 2 is 2.00 bits per heavy atom. The third kappa shape index (κ3) is 3.74. The van der Waals surface area contributed by atoms with Crippen molar-refractivity contribution in [3.05, 3.63) is 53.1 Å². The first-order valence-corrected chi connectivity index (χ1v) is 7.81. The second kappa shape index (κ2) is 7.26. The molecule has 3 aromatic rings. The molecule has 0 saturated carbocycles. The molecule has 0 unspecified atom stereocenters. The largest absolute Gasteiger partial charge is 0.465 e. The number of thiazole rings is 1. The van der Waals surface area contributed by atoms with Gasteiger partial charge in [-0.15, -0.1) is 11.3 Å². The number of anilines is 1. The summed E-state index contributed by atoms with van der Waals surface area (Å²) in [7, 11) is 1.24. The van der Waals surface area contributed by atoms with Gasteiger partial charge >= 0.3 is 5.97 Å². The molecule has 25 heavy (non-hydrogen) atoms. The zero-order chi connectivity index (χ0) is 17.8. The number of pyridine rings is 1. The lowest BCUT2D eigenvalue weighted by Crippen LogP contribution is -2.08. The van der Waals surface area contributed by atoms with Crippen LogP contribution in [0.15, 0.2) is 30.6 Å². The molecule has 0 radical (unpaired) electrons. The highest BCUT2D eigenvalue weighted by molar-refractivity contribution is 7.17. The number of methoxy groups -OCH3 is 1. The van der Waals surface area contributed by atoms with E-state index in [1.807, 2.05) is 0 Å². The molecule has 3 heterocycles. The molecule has 0 aromatic carbocycles. The lowest BCUT2D eigenvalue weighted by molar-refractivity contribution is 0.0605. The van der Waals surface area contributed by atoms with E-state index in [-0.39, 0.29) is 22.0 Å². The summed E-state index contributed by atoms with van der Waals surface area (Å²) in [4.78, 5) is 27.5. The third-order valence-electron chi connectivity index (χ3n) is 3.09. The van der Waals surface area contributed by atoms with E-state index in [9.17, 15) is 13.6 Å². The Labute approximate surface area is 144 Å². The maximum absolute atomic E-state index is 13.9. The minimum Gasteiger partial charge on any atom is -0.465 e. The third-order valence-corrected chi connectivity index (χ3v) is 4.20. The number of rotatable bonds is 5. The fourth-order valence-corrected chi connectivity index (χ4v) is 2.98. The van der Waals surface area contributed by atoms with Crippen molar-refractivity contribution in [1.29, 1.82) is 0 Å². The Morgan fingerprint density at radius 3 is 2.68 bits per heavy atom. The van der Waals surface area contributed by atoms with Gasteiger partial charge in [-0.3, -0.25) is 0 Å². The van der Waals surface area contributed by atoms with Crippen molar-refractivity contribution in [3.63, 3.8) is 0 Å². The quantitative estimate of drug-likeness (QED) is 0.550. The molecule has 0 atom stereocenters. The first kappa shape index (κ1) is 16.8. The Kier molecular flexibility index (Phi) is 4.89. The van der Waals surface area contributed by atoms with Crippen molar-refractivity contribution in [2.24, 2.45) is 0 Å². The molecule has 0 bridgehead atoms. The van der Waals surface area contributed by atoms with Gasteiger partial charge in [0.1, 0.15) is 9.88 Å².